The van der Waals surface area contributed by atoms with Gasteiger partial charge < -0.3 is 23.7 Å². The highest BCUT2D eigenvalue weighted by atomic mass is 16.5. The van der Waals surface area contributed by atoms with E-state index in [0.717, 1.165) is 10.9 Å². The molecule has 7 heteroatoms. The number of nitrogens with zero attached hydrogens (tertiary/aromatic N) is 2. The minimum Gasteiger partial charge on any atom is -0.497 e. The number of carbonyl (C=O) groups is 2. The van der Waals surface area contributed by atoms with Crippen LogP contribution in [0.2, 0.25) is 0 Å². The van der Waals surface area contributed by atoms with E-state index in [2.05, 4.69) is 0 Å². The number of hydrogen-bond acceptors (Lipinski definition) is 6. The predicted molar refractivity (Wildman–Crippen MR) is 89.3 cm³/mol. The van der Waals surface area contributed by atoms with E-state index in [1.165, 1.54) is 7.11 Å². The molecule has 130 valence electrons. The maximum absolute atomic E-state index is 12.4. The van der Waals surface area contributed by atoms with E-state index in [4.69, 9.17) is 14.2 Å². The fraction of sp³-hybridized carbons (Fsp3) is 0.412. The molecule has 0 aliphatic rings. The van der Waals surface area contributed by atoms with E-state index in [1.807, 2.05) is 19.0 Å². The normalized spacial score (nSPS) is 10.9. The Morgan fingerprint density at radius 2 is 1.92 bits per heavy atom. The number of ether oxygens (including phenoxy) is 3. The molecule has 2 rings (SSSR count). The molecule has 0 fully saturated rings. The summed E-state index contributed by atoms with van der Waals surface area (Å²) in [6.07, 6.45) is 0. The Morgan fingerprint density at radius 1 is 1.17 bits per heavy atom. The highest BCUT2D eigenvalue weighted by Gasteiger charge is 2.19. The van der Waals surface area contributed by atoms with Gasteiger partial charge in [-0.15, -0.1) is 0 Å². The first-order chi connectivity index (χ1) is 11.5. The Balaban J connectivity index is 2.36. The molecule has 1 aromatic carbocycles. The number of fused-ring (bicyclic) bond motifs is 1. The van der Waals surface area contributed by atoms with Gasteiger partial charge in [0.15, 0.2) is 0 Å². The fourth-order valence-corrected chi connectivity index (χ4v) is 2.30. The van der Waals surface area contributed by atoms with Crippen molar-refractivity contribution in [1.29, 1.82) is 0 Å². The molecule has 0 unspecified atom stereocenters. The van der Waals surface area contributed by atoms with E-state index >= 15 is 0 Å². The minimum absolute atomic E-state index is 0.0650. The zero-order chi connectivity index (χ0) is 17.7. The average molecular weight is 334 g/mol. The van der Waals surface area contributed by atoms with Crippen LogP contribution in [0.3, 0.4) is 0 Å². The van der Waals surface area contributed by atoms with Crippen LogP contribution in [0.5, 0.6) is 5.75 Å². The van der Waals surface area contributed by atoms with Crippen LogP contribution in [0.15, 0.2) is 24.3 Å². The lowest BCUT2D eigenvalue weighted by Gasteiger charge is -2.12. The average Bonchev–Trinajstić information content (AvgIpc) is 2.91. The quantitative estimate of drug-likeness (QED) is 0.716. The van der Waals surface area contributed by atoms with Gasteiger partial charge in [-0.3, -0.25) is 4.79 Å². The van der Waals surface area contributed by atoms with E-state index in [9.17, 15) is 9.59 Å². The number of esters is 2. The molecule has 0 atom stereocenters. The van der Waals surface area contributed by atoms with E-state index < -0.39 is 11.9 Å². The Morgan fingerprint density at radius 3 is 2.54 bits per heavy atom. The first kappa shape index (κ1) is 17.8. The number of benzene rings is 1. The third kappa shape index (κ3) is 4.05. The van der Waals surface area contributed by atoms with Crippen LogP contribution < -0.4 is 4.74 Å². The number of likely N-dealkylation sites (N-methyl/N-ethyl adjacent to an activating group) is 1. The van der Waals surface area contributed by atoms with Crippen molar-refractivity contribution in [3.8, 4) is 5.75 Å². The van der Waals surface area contributed by atoms with Crippen molar-refractivity contribution in [2.75, 3.05) is 41.5 Å². The second-order valence-electron chi connectivity index (χ2n) is 5.56. The highest BCUT2D eigenvalue weighted by Crippen LogP contribution is 2.25. The molecule has 2 aromatic rings. The van der Waals surface area contributed by atoms with Gasteiger partial charge in [0.2, 0.25) is 0 Å². The maximum atomic E-state index is 12.4. The van der Waals surface area contributed by atoms with Crippen molar-refractivity contribution >= 4 is 22.8 Å². The van der Waals surface area contributed by atoms with Crippen molar-refractivity contribution in [2.45, 2.75) is 6.54 Å². The molecule has 7 nitrogen and oxygen atoms in total. The Kier molecular flexibility index (Phi) is 5.81. The maximum Gasteiger partial charge on any atom is 0.355 e. The van der Waals surface area contributed by atoms with Crippen molar-refractivity contribution in [2.24, 2.45) is 0 Å². The minimum atomic E-state index is -0.476. The number of rotatable bonds is 7. The number of aromatic nitrogens is 1. The summed E-state index contributed by atoms with van der Waals surface area (Å²) >= 11 is 0. The van der Waals surface area contributed by atoms with Crippen molar-refractivity contribution < 1.29 is 23.8 Å². The molecule has 0 N–H and O–H groups in total. The smallest absolute Gasteiger partial charge is 0.355 e. The van der Waals surface area contributed by atoms with Gasteiger partial charge in [0.1, 0.15) is 24.6 Å². The molecule has 24 heavy (non-hydrogen) atoms. The monoisotopic (exact) mass is 334 g/mol. The van der Waals surface area contributed by atoms with E-state index in [-0.39, 0.29) is 13.2 Å². The van der Waals surface area contributed by atoms with Gasteiger partial charge in [0.05, 0.1) is 14.2 Å². The van der Waals surface area contributed by atoms with Crippen LogP contribution in [-0.4, -0.2) is 62.9 Å². The first-order valence-corrected chi connectivity index (χ1v) is 7.52. The van der Waals surface area contributed by atoms with Crippen LogP contribution in [-0.2, 0) is 20.8 Å². The van der Waals surface area contributed by atoms with Gasteiger partial charge in [0.25, 0.3) is 0 Å². The van der Waals surface area contributed by atoms with Crippen LogP contribution >= 0.6 is 0 Å². The molecule has 0 saturated heterocycles. The summed E-state index contributed by atoms with van der Waals surface area (Å²) in [6, 6.07) is 7.07. The zero-order valence-corrected chi connectivity index (χ0v) is 14.4. The predicted octanol–water partition coefficient (Wildman–Crippen LogP) is 1.54. The number of methoxy groups -OCH3 is 2. The molecule has 0 spiro atoms. The molecular formula is C17H22N2O5. The summed E-state index contributed by atoms with van der Waals surface area (Å²) in [5.41, 5.74) is 1.04. The number of carbonyl (C=O) groups excluding carboxylic acids is 2. The van der Waals surface area contributed by atoms with Crippen molar-refractivity contribution in [3.05, 3.63) is 30.0 Å². The van der Waals surface area contributed by atoms with Gasteiger partial charge >= 0.3 is 11.9 Å². The third-order valence-corrected chi connectivity index (χ3v) is 3.60. The van der Waals surface area contributed by atoms with Crippen molar-refractivity contribution in [1.82, 2.24) is 9.47 Å². The molecule has 1 aromatic heterocycles. The van der Waals surface area contributed by atoms with E-state index in [0.29, 0.717) is 18.0 Å². The summed E-state index contributed by atoms with van der Waals surface area (Å²) in [5, 5.41) is 0.790. The second kappa shape index (κ2) is 7.83. The molecule has 0 radical (unpaired) electrons. The van der Waals surface area contributed by atoms with Gasteiger partial charge in [-0.25, -0.2) is 4.79 Å². The molecule has 0 aliphatic carbocycles. The lowest BCUT2D eigenvalue weighted by Crippen LogP contribution is -2.22. The Bertz CT molecular complexity index is 736. The van der Waals surface area contributed by atoms with Gasteiger partial charge in [-0.1, -0.05) is 0 Å². The molecule has 0 saturated carbocycles. The van der Waals surface area contributed by atoms with Gasteiger partial charge in [-0.05, 0) is 38.4 Å². The van der Waals surface area contributed by atoms with E-state index in [1.54, 1.807) is 35.9 Å². The summed E-state index contributed by atoms with van der Waals surface area (Å²) in [6.45, 7) is 0.830. The summed E-state index contributed by atoms with van der Waals surface area (Å²) in [5.74, 6) is -0.244. The van der Waals surface area contributed by atoms with Gasteiger partial charge in [0, 0.05) is 17.4 Å². The highest BCUT2D eigenvalue weighted by molar-refractivity contribution is 5.96. The zero-order valence-electron chi connectivity index (χ0n) is 14.4. The summed E-state index contributed by atoms with van der Waals surface area (Å²) in [4.78, 5) is 26.0. The van der Waals surface area contributed by atoms with Crippen LogP contribution in [0.25, 0.3) is 10.9 Å². The Hall–Kier alpha value is -2.54. The summed E-state index contributed by atoms with van der Waals surface area (Å²) < 4.78 is 16.8. The topological polar surface area (TPSA) is 70.0 Å². The first-order valence-electron chi connectivity index (χ1n) is 7.52. The lowest BCUT2D eigenvalue weighted by atomic mass is 10.2. The summed E-state index contributed by atoms with van der Waals surface area (Å²) in [7, 11) is 6.68. The lowest BCUT2D eigenvalue weighted by molar-refractivity contribution is -0.141. The molecular weight excluding hydrogens is 312 g/mol. The molecule has 1 heterocycles. The van der Waals surface area contributed by atoms with Crippen molar-refractivity contribution in [3.63, 3.8) is 0 Å². The second-order valence-corrected chi connectivity index (χ2v) is 5.56. The fourth-order valence-electron chi connectivity index (χ4n) is 2.30. The molecule has 0 amide bonds. The third-order valence-electron chi connectivity index (χ3n) is 3.60. The van der Waals surface area contributed by atoms with Crippen LogP contribution in [0.4, 0.5) is 0 Å². The molecule has 0 bridgehead atoms. The number of hydrogen-bond donors (Lipinski definition) is 0. The largest absolute Gasteiger partial charge is 0.497 e. The van der Waals surface area contributed by atoms with Gasteiger partial charge in [-0.2, -0.15) is 0 Å². The SMILES string of the molecule is COC(=O)Cn1c(C(=O)OCCN(C)C)cc2cc(OC)ccc21. The molecule has 0 aliphatic heterocycles. The standard InChI is InChI=1S/C17H22N2O5/c1-18(2)7-8-24-17(21)15-10-12-9-13(22-3)5-6-14(12)19(15)11-16(20)23-4/h5-6,9-10H,7-8,11H2,1-4H3. The Labute approximate surface area is 140 Å². The van der Waals surface area contributed by atoms with Crippen LogP contribution in [0, 0.1) is 0 Å². The van der Waals surface area contributed by atoms with Crippen LogP contribution in [0.1, 0.15) is 10.5 Å².